The van der Waals surface area contributed by atoms with E-state index in [-0.39, 0.29) is 11.7 Å². The Kier molecular flexibility index (Phi) is 3.58. The van der Waals surface area contributed by atoms with E-state index in [4.69, 9.17) is 9.84 Å². The number of aromatic carboxylic acids is 1. The van der Waals surface area contributed by atoms with E-state index in [1.54, 1.807) is 0 Å². The zero-order valence-electron chi connectivity index (χ0n) is 11.6. The Morgan fingerprint density at radius 3 is 2.14 bits per heavy atom. The molecule has 1 aromatic carbocycles. The minimum Gasteiger partial charge on any atom is -0.481 e. The van der Waals surface area contributed by atoms with E-state index in [0.29, 0.717) is 18.5 Å². The van der Waals surface area contributed by atoms with Crippen LogP contribution in [0.15, 0.2) is 24.3 Å². The third kappa shape index (κ3) is 2.43. The molecule has 0 unspecified atom stereocenters. The maximum atomic E-state index is 12.4. The highest BCUT2D eigenvalue weighted by Gasteiger charge is 2.55. The molecule has 7 heteroatoms. The lowest BCUT2D eigenvalue weighted by molar-refractivity contribution is -0.147. The number of ether oxygens (including phenoxy) is 1. The highest BCUT2D eigenvalue weighted by Crippen LogP contribution is 2.44. The number of fused-ring (bicyclic) bond motifs is 2. The molecule has 0 spiro atoms. The molecule has 2 saturated heterocycles. The normalized spacial score (nSPS) is 29.3. The zero-order valence-corrected chi connectivity index (χ0v) is 11.6. The molecular formula is C15H15NO6. The number of amides is 1. The van der Waals surface area contributed by atoms with Gasteiger partial charge in [0.1, 0.15) is 0 Å². The lowest BCUT2D eigenvalue weighted by Crippen LogP contribution is -2.40. The second-order valence-electron chi connectivity index (χ2n) is 5.55. The fourth-order valence-corrected chi connectivity index (χ4v) is 3.25. The number of carboxylic acid groups (broad SMARTS) is 2. The first-order chi connectivity index (χ1) is 10.5. The monoisotopic (exact) mass is 305 g/mol. The molecule has 0 aromatic heterocycles. The number of hydrogen-bond acceptors (Lipinski definition) is 4. The van der Waals surface area contributed by atoms with Gasteiger partial charge in [0.05, 0.1) is 29.6 Å². The third-order valence-corrected chi connectivity index (χ3v) is 4.26. The number of nitrogens with one attached hydrogen (secondary N) is 1. The van der Waals surface area contributed by atoms with Crippen LogP contribution in [0.25, 0.3) is 0 Å². The largest absolute Gasteiger partial charge is 0.481 e. The van der Waals surface area contributed by atoms with Gasteiger partial charge < -0.3 is 20.3 Å². The quantitative estimate of drug-likeness (QED) is 0.770. The van der Waals surface area contributed by atoms with Crippen LogP contribution in [-0.4, -0.2) is 40.3 Å². The maximum Gasteiger partial charge on any atom is 0.335 e. The predicted octanol–water partition coefficient (Wildman–Crippen LogP) is 1.20. The Bertz CT molecular complexity index is 625. The smallest absolute Gasteiger partial charge is 0.335 e. The third-order valence-electron chi connectivity index (χ3n) is 4.26. The van der Waals surface area contributed by atoms with Gasteiger partial charge in [0, 0.05) is 5.69 Å². The van der Waals surface area contributed by atoms with Crippen LogP contribution >= 0.6 is 0 Å². The zero-order chi connectivity index (χ0) is 15.9. The summed E-state index contributed by atoms with van der Waals surface area (Å²) >= 11 is 0. The van der Waals surface area contributed by atoms with Gasteiger partial charge >= 0.3 is 11.9 Å². The van der Waals surface area contributed by atoms with Crippen LogP contribution in [0.1, 0.15) is 23.2 Å². The Hall–Kier alpha value is -2.41. The summed E-state index contributed by atoms with van der Waals surface area (Å²) in [5, 5.41) is 20.8. The summed E-state index contributed by atoms with van der Waals surface area (Å²) in [6.07, 6.45) is 0.598. The molecule has 2 bridgehead atoms. The van der Waals surface area contributed by atoms with Crippen molar-refractivity contribution in [2.45, 2.75) is 25.0 Å². The van der Waals surface area contributed by atoms with Gasteiger partial charge in [0.25, 0.3) is 0 Å². The molecule has 1 amide bonds. The molecule has 2 fully saturated rings. The Morgan fingerprint density at radius 1 is 1.00 bits per heavy atom. The summed E-state index contributed by atoms with van der Waals surface area (Å²) in [5.74, 6) is -4.01. The number of hydrogen-bond donors (Lipinski definition) is 3. The minimum atomic E-state index is -1.05. The van der Waals surface area contributed by atoms with E-state index in [1.165, 1.54) is 24.3 Å². The number of aliphatic carboxylic acids is 1. The van der Waals surface area contributed by atoms with Crippen LogP contribution in [0.4, 0.5) is 5.69 Å². The van der Waals surface area contributed by atoms with Gasteiger partial charge in [-0.25, -0.2) is 4.79 Å². The second kappa shape index (κ2) is 5.42. The van der Waals surface area contributed by atoms with Crippen LogP contribution < -0.4 is 5.32 Å². The lowest BCUT2D eigenvalue weighted by Gasteiger charge is -2.23. The summed E-state index contributed by atoms with van der Waals surface area (Å²) in [6.45, 7) is 0. The van der Waals surface area contributed by atoms with Gasteiger partial charge in [-0.3, -0.25) is 9.59 Å². The van der Waals surface area contributed by atoms with Gasteiger partial charge in [-0.15, -0.1) is 0 Å². The van der Waals surface area contributed by atoms with Crippen LogP contribution in [0, 0.1) is 11.8 Å². The van der Waals surface area contributed by atoms with Gasteiger partial charge in [-0.1, -0.05) is 0 Å². The first-order valence-electron chi connectivity index (χ1n) is 7.00. The molecule has 0 saturated carbocycles. The molecule has 4 atom stereocenters. The fraction of sp³-hybridized carbons (Fsp3) is 0.400. The van der Waals surface area contributed by atoms with E-state index in [0.717, 1.165) is 0 Å². The van der Waals surface area contributed by atoms with Crippen molar-refractivity contribution in [1.82, 2.24) is 0 Å². The molecule has 3 rings (SSSR count). The van der Waals surface area contributed by atoms with E-state index in [1.807, 2.05) is 0 Å². The molecule has 2 aliphatic rings. The standard InChI is InChI=1S/C15H15NO6/c17-13(16-8-3-1-7(2-4-8)14(18)19)11-9-5-6-10(22-9)12(11)15(20)21/h1-4,9-12H,5-6H2,(H,16,17)(H,18,19)(H,20,21)/t9-,10+,11+,12-/m0/s1. The van der Waals surface area contributed by atoms with E-state index >= 15 is 0 Å². The van der Waals surface area contributed by atoms with Gasteiger partial charge in [-0.2, -0.15) is 0 Å². The molecule has 7 nitrogen and oxygen atoms in total. The van der Waals surface area contributed by atoms with E-state index < -0.39 is 35.8 Å². The Morgan fingerprint density at radius 2 is 1.59 bits per heavy atom. The van der Waals surface area contributed by atoms with Gasteiger partial charge in [-0.05, 0) is 37.1 Å². The predicted molar refractivity (Wildman–Crippen MR) is 74.5 cm³/mol. The summed E-state index contributed by atoms with van der Waals surface area (Å²) in [4.78, 5) is 34.5. The number of anilines is 1. The topological polar surface area (TPSA) is 113 Å². The highest BCUT2D eigenvalue weighted by molar-refractivity contribution is 5.96. The van der Waals surface area contributed by atoms with Crippen LogP contribution in [0.5, 0.6) is 0 Å². The van der Waals surface area contributed by atoms with Crippen molar-refractivity contribution in [2.24, 2.45) is 11.8 Å². The van der Waals surface area contributed by atoms with Crippen molar-refractivity contribution in [3.8, 4) is 0 Å². The number of rotatable bonds is 4. The summed E-state index contributed by atoms with van der Waals surface area (Å²) in [5.41, 5.74) is 0.548. The van der Waals surface area contributed by atoms with E-state index in [2.05, 4.69) is 5.32 Å². The van der Waals surface area contributed by atoms with Crippen LogP contribution in [0.2, 0.25) is 0 Å². The Balaban J connectivity index is 1.73. The molecule has 116 valence electrons. The molecule has 3 N–H and O–H groups in total. The molecular weight excluding hydrogens is 290 g/mol. The number of benzene rings is 1. The average molecular weight is 305 g/mol. The van der Waals surface area contributed by atoms with Gasteiger partial charge in [0.2, 0.25) is 5.91 Å². The van der Waals surface area contributed by atoms with Crippen molar-refractivity contribution in [3.05, 3.63) is 29.8 Å². The van der Waals surface area contributed by atoms with Crippen molar-refractivity contribution >= 4 is 23.5 Å². The number of carbonyl (C=O) groups excluding carboxylic acids is 1. The molecule has 1 aromatic rings. The SMILES string of the molecule is O=C(O)c1ccc(NC(=O)[C@H]2[C@@H](C(=O)O)[C@H]3CC[C@@H]2O3)cc1. The van der Waals surface area contributed by atoms with Crippen molar-refractivity contribution < 1.29 is 29.3 Å². The van der Waals surface area contributed by atoms with E-state index in [9.17, 15) is 19.5 Å². The summed E-state index contributed by atoms with van der Waals surface area (Å²) < 4.78 is 5.55. The average Bonchev–Trinajstić information content (AvgIpc) is 3.08. The summed E-state index contributed by atoms with van der Waals surface area (Å²) in [7, 11) is 0. The van der Waals surface area contributed by atoms with Crippen molar-refractivity contribution in [2.75, 3.05) is 5.32 Å². The summed E-state index contributed by atoms with van der Waals surface area (Å²) in [6, 6.07) is 5.71. The van der Waals surface area contributed by atoms with Crippen LogP contribution in [-0.2, 0) is 14.3 Å². The van der Waals surface area contributed by atoms with Gasteiger partial charge in [0.15, 0.2) is 0 Å². The van der Waals surface area contributed by atoms with Crippen LogP contribution in [0.3, 0.4) is 0 Å². The first-order valence-corrected chi connectivity index (χ1v) is 7.00. The second-order valence-corrected chi connectivity index (χ2v) is 5.55. The highest BCUT2D eigenvalue weighted by atomic mass is 16.5. The fourth-order valence-electron chi connectivity index (χ4n) is 3.25. The molecule has 2 heterocycles. The number of carboxylic acids is 2. The molecule has 0 aliphatic carbocycles. The maximum absolute atomic E-state index is 12.4. The molecule has 2 aliphatic heterocycles. The number of carbonyl (C=O) groups is 3. The van der Waals surface area contributed by atoms with Crippen molar-refractivity contribution in [1.29, 1.82) is 0 Å². The first kappa shape index (κ1) is 14.5. The van der Waals surface area contributed by atoms with Crippen molar-refractivity contribution in [3.63, 3.8) is 0 Å². The molecule has 22 heavy (non-hydrogen) atoms. The minimum absolute atomic E-state index is 0.115. The lowest BCUT2D eigenvalue weighted by atomic mass is 9.78. The Labute approximate surface area is 125 Å². The molecule has 0 radical (unpaired) electrons.